The van der Waals surface area contributed by atoms with Crippen LogP contribution >= 0.6 is 11.3 Å². The second-order valence-electron chi connectivity index (χ2n) is 6.33. The van der Waals surface area contributed by atoms with Crippen molar-refractivity contribution < 1.29 is 9.18 Å². The van der Waals surface area contributed by atoms with Gasteiger partial charge in [-0.1, -0.05) is 0 Å². The van der Waals surface area contributed by atoms with Gasteiger partial charge in [0, 0.05) is 62.6 Å². The summed E-state index contributed by atoms with van der Waals surface area (Å²) in [5.74, 6) is -0.201. The Bertz CT molecular complexity index is 709. The van der Waals surface area contributed by atoms with Crippen molar-refractivity contribution in [1.29, 1.82) is 0 Å². The lowest BCUT2D eigenvalue weighted by atomic mass is 10.1. The smallest absolute Gasteiger partial charge is 0.323 e. The first-order chi connectivity index (χ1) is 12.2. The molecule has 0 unspecified atom stereocenters. The lowest BCUT2D eigenvalue weighted by Gasteiger charge is -2.48. The number of rotatable bonds is 3. The zero-order valence-corrected chi connectivity index (χ0v) is 14.6. The molecule has 0 bridgehead atoms. The molecule has 8 heteroatoms. The van der Waals surface area contributed by atoms with E-state index in [1.165, 1.54) is 23.5 Å². The Morgan fingerprint density at radius 3 is 2.52 bits per heavy atom. The van der Waals surface area contributed by atoms with Gasteiger partial charge in [-0.15, -0.1) is 11.3 Å². The van der Waals surface area contributed by atoms with Gasteiger partial charge in [0.05, 0.1) is 0 Å². The number of nitrogens with zero attached hydrogens (tertiary/aromatic N) is 4. The molecule has 2 fully saturated rings. The van der Waals surface area contributed by atoms with E-state index in [1.54, 1.807) is 6.20 Å². The topological polar surface area (TPSA) is 51.7 Å². The number of aromatic nitrogens is 1. The molecule has 1 aromatic carbocycles. The van der Waals surface area contributed by atoms with Crippen molar-refractivity contribution in [2.24, 2.45) is 0 Å². The van der Waals surface area contributed by atoms with Crippen LogP contribution in [0.5, 0.6) is 0 Å². The molecule has 2 aliphatic rings. The van der Waals surface area contributed by atoms with Gasteiger partial charge in [-0.25, -0.2) is 14.2 Å². The standard InChI is InChI=1S/C17H20FN5OS/c18-13-1-3-14(4-2-13)21-6-8-22(9-7-21)15-11-23(12-15)17(24)20-16-19-5-10-25-16/h1-5,10,15H,6-9,11-12H2,(H,19,20,24). The maximum atomic E-state index is 13.0. The summed E-state index contributed by atoms with van der Waals surface area (Å²) in [4.78, 5) is 22.7. The number of hydrogen-bond acceptors (Lipinski definition) is 5. The summed E-state index contributed by atoms with van der Waals surface area (Å²) in [6.45, 7) is 5.29. The Morgan fingerprint density at radius 1 is 1.16 bits per heavy atom. The largest absolute Gasteiger partial charge is 0.369 e. The molecule has 2 saturated heterocycles. The maximum Gasteiger partial charge on any atom is 0.323 e. The Kier molecular flexibility index (Phi) is 4.54. The lowest BCUT2D eigenvalue weighted by molar-refractivity contribution is 0.0578. The van der Waals surface area contributed by atoms with Gasteiger partial charge in [-0.3, -0.25) is 10.2 Å². The maximum absolute atomic E-state index is 13.0. The fourth-order valence-electron chi connectivity index (χ4n) is 3.30. The number of nitrogens with one attached hydrogen (secondary N) is 1. The molecule has 4 rings (SSSR count). The summed E-state index contributed by atoms with van der Waals surface area (Å²) in [6.07, 6.45) is 1.68. The van der Waals surface area contributed by atoms with Gasteiger partial charge in [0.2, 0.25) is 0 Å². The number of likely N-dealkylation sites (tertiary alicyclic amines) is 1. The first kappa shape index (κ1) is 16.3. The van der Waals surface area contributed by atoms with E-state index < -0.39 is 0 Å². The zero-order chi connectivity index (χ0) is 17.2. The zero-order valence-electron chi connectivity index (χ0n) is 13.8. The van der Waals surface area contributed by atoms with Crippen LogP contribution in [0.3, 0.4) is 0 Å². The third kappa shape index (κ3) is 3.59. The van der Waals surface area contributed by atoms with Crippen molar-refractivity contribution in [2.45, 2.75) is 6.04 Å². The summed E-state index contributed by atoms with van der Waals surface area (Å²) in [7, 11) is 0. The predicted octanol–water partition coefficient (Wildman–Crippen LogP) is 2.32. The van der Waals surface area contributed by atoms with Gasteiger partial charge in [-0.2, -0.15) is 0 Å². The van der Waals surface area contributed by atoms with Gasteiger partial charge in [0.1, 0.15) is 5.82 Å². The van der Waals surface area contributed by atoms with E-state index in [4.69, 9.17) is 0 Å². The first-order valence-electron chi connectivity index (χ1n) is 8.39. The number of anilines is 2. The van der Waals surface area contributed by atoms with E-state index in [-0.39, 0.29) is 11.8 Å². The van der Waals surface area contributed by atoms with Crippen LogP contribution in [0.4, 0.5) is 20.0 Å². The monoisotopic (exact) mass is 361 g/mol. The summed E-state index contributed by atoms with van der Waals surface area (Å²) < 4.78 is 13.0. The quantitative estimate of drug-likeness (QED) is 0.912. The Morgan fingerprint density at radius 2 is 1.88 bits per heavy atom. The van der Waals surface area contributed by atoms with Crippen molar-refractivity contribution in [3.63, 3.8) is 0 Å². The van der Waals surface area contributed by atoms with Crippen LogP contribution in [0.15, 0.2) is 35.8 Å². The molecule has 2 amide bonds. The van der Waals surface area contributed by atoms with Crippen molar-refractivity contribution in [2.75, 3.05) is 49.5 Å². The van der Waals surface area contributed by atoms with Gasteiger partial charge in [0.15, 0.2) is 5.13 Å². The first-order valence-corrected chi connectivity index (χ1v) is 9.27. The minimum atomic E-state index is -0.201. The molecule has 3 heterocycles. The average Bonchev–Trinajstić information content (AvgIpc) is 3.08. The van der Waals surface area contributed by atoms with Gasteiger partial charge in [0.25, 0.3) is 0 Å². The highest BCUT2D eigenvalue weighted by atomic mass is 32.1. The molecular formula is C17H20FN5OS. The molecule has 0 spiro atoms. The van der Waals surface area contributed by atoms with Crippen LogP contribution in [-0.2, 0) is 0 Å². The summed E-state index contributed by atoms with van der Waals surface area (Å²) in [5.41, 5.74) is 1.07. The third-order valence-corrected chi connectivity index (χ3v) is 5.51. The fourth-order valence-corrected chi connectivity index (χ4v) is 3.82. The van der Waals surface area contributed by atoms with Crippen LogP contribution in [0.2, 0.25) is 0 Å². The minimum absolute atomic E-state index is 0.0730. The van der Waals surface area contributed by atoms with E-state index in [1.807, 2.05) is 22.4 Å². The normalized spacial score (nSPS) is 18.9. The van der Waals surface area contributed by atoms with Crippen LogP contribution in [0.25, 0.3) is 0 Å². The highest BCUT2D eigenvalue weighted by Crippen LogP contribution is 2.22. The molecule has 0 atom stereocenters. The molecule has 1 N–H and O–H groups in total. The summed E-state index contributed by atoms with van der Waals surface area (Å²) in [5, 5.41) is 5.30. The number of carbonyl (C=O) groups is 1. The Hall–Kier alpha value is -2.19. The number of amides is 2. The van der Waals surface area contributed by atoms with E-state index in [9.17, 15) is 9.18 Å². The molecule has 1 aromatic heterocycles. The van der Waals surface area contributed by atoms with Gasteiger partial charge in [-0.05, 0) is 24.3 Å². The lowest BCUT2D eigenvalue weighted by Crippen LogP contribution is -2.64. The molecule has 6 nitrogen and oxygen atoms in total. The van der Waals surface area contributed by atoms with Gasteiger partial charge < -0.3 is 9.80 Å². The molecule has 0 radical (unpaired) electrons. The fraction of sp³-hybridized carbons (Fsp3) is 0.412. The number of urea groups is 1. The molecule has 25 heavy (non-hydrogen) atoms. The average molecular weight is 361 g/mol. The SMILES string of the molecule is O=C(Nc1nccs1)N1CC(N2CCN(c3ccc(F)cc3)CC2)C1. The van der Waals surface area contributed by atoms with Crippen LogP contribution in [-0.4, -0.2) is 66.1 Å². The molecule has 0 aliphatic carbocycles. The molecular weight excluding hydrogens is 341 g/mol. The van der Waals surface area contributed by atoms with Crippen molar-refractivity contribution in [1.82, 2.24) is 14.8 Å². The van der Waals surface area contributed by atoms with Crippen LogP contribution in [0.1, 0.15) is 0 Å². The number of piperazine rings is 1. The van der Waals surface area contributed by atoms with Crippen LogP contribution in [0, 0.1) is 5.82 Å². The second-order valence-corrected chi connectivity index (χ2v) is 7.22. The number of thiazole rings is 1. The number of carbonyl (C=O) groups excluding carboxylic acids is 1. The number of halogens is 1. The molecule has 0 saturated carbocycles. The molecule has 132 valence electrons. The van der Waals surface area contributed by atoms with E-state index in [0.717, 1.165) is 45.0 Å². The Labute approximate surface area is 149 Å². The highest BCUT2D eigenvalue weighted by Gasteiger charge is 2.36. The summed E-state index contributed by atoms with van der Waals surface area (Å²) in [6, 6.07) is 7.03. The number of benzene rings is 1. The van der Waals surface area contributed by atoms with Crippen LogP contribution < -0.4 is 10.2 Å². The highest BCUT2D eigenvalue weighted by molar-refractivity contribution is 7.13. The van der Waals surface area contributed by atoms with Crippen molar-refractivity contribution in [3.8, 4) is 0 Å². The van der Waals surface area contributed by atoms with Gasteiger partial charge >= 0.3 is 6.03 Å². The number of hydrogen-bond donors (Lipinski definition) is 1. The molecule has 2 aromatic rings. The van der Waals surface area contributed by atoms with E-state index in [2.05, 4.69) is 20.1 Å². The second kappa shape index (κ2) is 6.97. The Balaban J connectivity index is 1.23. The third-order valence-electron chi connectivity index (χ3n) is 4.82. The molecule has 2 aliphatic heterocycles. The minimum Gasteiger partial charge on any atom is -0.369 e. The van der Waals surface area contributed by atoms with Crippen molar-refractivity contribution >= 4 is 28.2 Å². The van der Waals surface area contributed by atoms with Crippen molar-refractivity contribution in [3.05, 3.63) is 41.7 Å². The van der Waals surface area contributed by atoms with E-state index >= 15 is 0 Å². The van der Waals surface area contributed by atoms with E-state index in [0.29, 0.717) is 11.2 Å². The summed E-state index contributed by atoms with van der Waals surface area (Å²) >= 11 is 1.42. The predicted molar refractivity (Wildman–Crippen MR) is 96.7 cm³/mol.